The average Bonchev–Trinajstić information content (AvgIpc) is 2.01. The van der Waals surface area contributed by atoms with Crippen LogP contribution in [0.5, 0.6) is 0 Å². The third-order valence-corrected chi connectivity index (χ3v) is 7.82. The molecule has 0 rings (SSSR count). The van der Waals surface area contributed by atoms with E-state index in [1.54, 1.807) is 0 Å². The summed E-state index contributed by atoms with van der Waals surface area (Å²) < 4.78 is 0.388. The van der Waals surface area contributed by atoms with E-state index < -0.39 is 0 Å². The summed E-state index contributed by atoms with van der Waals surface area (Å²) in [6.07, 6.45) is 8.72. The third-order valence-electron chi connectivity index (χ3n) is 1.25. The molecule has 0 aromatic rings. The van der Waals surface area contributed by atoms with Gasteiger partial charge in [0.1, 0.15) is 3.41 Å². The number of hydrogen-bond acceptors (Lipinski definition) is 4. The molecule has 0 saturated heterocycles. The number of hydrogen-bond donors (Lipinski definition) is 0. The summed E-state index contributed by atoms with van der Waals surface area (Å²) in [6, 6.07) is 0. The Kier molecular flexibility index (Phi) is 6.81. The fraction of sp³-hybridized carbons (Fsp3) is 1.00. The maximum absolute atomic E-state index is 2.18. The summed E-state index contributed by atoms with van der Waals surface area (Å²) in [6.45, 7) is 0. The predicted octanol–water partition coefficient (Wildman–Crippen LogP) is 3.09. The van der Waals surface area contributed by atoms with Crippen LogP contribution >= 0.6 is 47.0 Å². The van der Waals surface area contributed by atoms with E-state index in [1.807, 2.05) is 47.0 Å². The highest BCUT2D eigenvalue weighted by Crippen LogP contribution is 2.44. The van der Waals surface area contributed by atoms with Gasteiger partial charge in [-0.15, -0.1) is 35.3 Å². The van der Waals surface area contributed by atoms with Gasteiger partial charge in [-0.1, -0.05) is 0 Å². The summed E-state index contributed by atoms with van der Waals surface area (Å²) in [5, 5.41) is 0. The smallest absolute Gasteiger partial charge is 0.115 e. The lowest BCUT2D eigenvalue weighted by molar-refractivity contribution is 1.36. The van der Waals surface area contributed by atoms with Crippen molar-refractivity contribution in [1.29, 1.82) is 0 Å². The van der Waals surface area contributed by atoms with Crippen LogP contribution in [0, 0.1) is 0 Å². The van der Waals surface area contributed by atoms with Crippen LogP contribution in [0.15, 0.2) is 0 Å². The van der Waals surface area contributed by atoms with Gasteiger partial charge >= 0.3 is 0 Å². The molecule has 0 fully saturated rings. The molecule has 0 unspecified atom stereocenters. The third kappa shape index (κ3) is 3.20. The Morgan fingerprint density at radius 2 is 1.30 bits per heavy atom. The van der Waals surface area contributed by atoms with Crippen LogP contribution in [0.3, 0.4) is 0 Å². The molecule has 0 aromatic heterocycles. The maximum Gasteiger partial charge on any atom is 0.115 e. The molecule has 0 radical (unpaired) electrons. The van der Waals surface area contributed by atoms with Crippen LogP contribution in [-0.4, -0.2) is 34.2 Å². The molecular formula is C6H14S4. The zero-order valence-electron chi connectivity index (χ0n) is 6.84. The monoisotopic (exact) mass is 214 g/mol. The standard InChI is InChI=1S/C6H14S4/c1-7-5-6(8-2,9-3)10-4/h5H2,1-4H3. The van der Waals surface area contributed by atoms with Crippen LogP contribution in [0.1, 0.15) is 0 Å². The molecule has 0 nitrogen and oxygen atoms in total. The van der Waals surface area contributed by atoms with Gasteiger partial charge < -0.3 is 0 Å². The van der Waals surface area contributed by atoms with Gasteiger partial charge in [-0.3, -0.25) is 0 Å². The first-order valence-corrected chi connectivity index (χ1v) is 7.96. The predicted molar refractivity (Wildman–Crippen MR) is 61.7 cm³/mol. The maximum atomic E-state index is 2.18. The fourth-order valence-corrected chi connectivity index (χ4v) is 5.43. The van der Waals surface area contributed by atoms with Gasteiger partial charge in [0, 0.05) is 5.75 Å². The molecule has 0 saturated carbocycles. The Morgan fingerprint density at radius 1 is 0.900 bits per heavy atom. The first-order chi connectivity index (χ1) is 4.74. The highest BCUT2D eigenvalue weighted by molar-refractivity contribution is 8.34. The molecule has 10 heavy (non-hydrogen) atoms. The molecular weight excluding hydrogens is 200 g/mol. The van der Waals surface area contributed by atoms with Crippen molar-refractivity contribution in [2.45, 2.75) is 3.41 Å². The Bertz CT molecular complexity index is 71.6. The molecule has 62 valence electrons. The lowest BCUT2D eigenvalue weighted by Gasteiger charge is -2.26. The normalized spacial score (nSPS) is 12.0. The molecule has 0 aliphatic carbocycles. The minimum absolute atomic E-state index is 0.388. The van der Waals surface area contributed by atoms with Gasteiger partial charge in [-0.2, -0.15) is 11.8 Å². The Labute approximate surface area is 81.1 Å². The molecule has 0 heterocycles. The summed E-state index contributed by atoms with van der Waals surface area (Å²) in [4.78, 5) is 0. The van der Waals surface area contributed by atoms with Crippen molar-refractivity contribution in [3.05, 3.63) is 0 Å². The molecule has 0 bridgehead atoms. The lowest BCUT2D eigenvalue weighted by Crippen LogP contribution is -2.16. The summed E-state index contributed by atoms with van der Waals surface area (Å²) in [5.74, 6) is 1.22. The van der Waals surface area contributed by atoms with Crippen LogP contribution in [0.4, 0.5) is 0 Å². The molecule has 0 aromatic carbocycles. The minimum Gasteiger partial charge on any atom is -0.162 e. The molecule has 0 spiro atoms. The molecule has 0 aliphatic rings. The molecule has 0 N–H and O–H groups in total. The van der Waals surface area contributed by atoms with E-state index in [9.17, 15) is 0 Å². The van der Waals surface area contributed by atoms with Crippen molar-refractivity contribution in [3.63, 3.8) is 0 Å². The molecule has 0 atom stereocenters. The van der Waals surface area contributed by atoms with E-state index in [-0.39, 0.29) is 0 Å². The first kappa shape index (κ1) is 11.4. The van der Waals surface area contributed by atoms with Crippen molar-refractivity contribution in [2.75, 3.05) is 30.8 Å². The Morgan fingerprint density at radius 3 is 1.40 bits per heavy atom. The number of rotatable bonds is 5. The van der Waals surface area contributed by atoms with Crippen LogP contribution < -0.4 is 0 Å². The molecule has 0 aliphatic heterocycles. The minimum atomic E-state index is 0.388. The Hall–Kier alpha value is 1.40. The van der Waals surface area contributed by atoms with Crippen LogP contribution in [-0.2, 0) is 0 Å². The SMILES string of the molecule is CSCC(SC)(SC)SC. The second-order valence-corrected chi connectivity index (χ2v) is 6.69. The van der Waals surface area contributed by atoms with Gasteiger partial charge in [0.25, 0.3) is 0 Å². The second-order valence-electron chi connectivity index (χ2n) is 1.73. The average molecular weight is 214 g/mol. The van der Waals surface area contributed by atoms with E-state index in [0.717, 1.165) is 0 Å². The van der Waals surface area contributed by atoms with E-state index in [2.05, 4.69) is 25.0 Å². The van der Waals surface area contributed by atoms with Crippen LogP contribution in [0.25, 0.3) is 0 Å². The molecule has 0 amide bonds. The van der Waals surface area contributed by atoms with Crippen molar-refractivity contribution >= 4 is 47.0 Å². The van der Waals surface area contributed by atoms with Gasteiger partial charge in [0.15, 0.2) is 0 Å². The van der Waals surface area contributed by atoms with E-state index in [4.69, 9.17) is 0 Å². The van der Waals surface area contributed by atoms with Crippen LogP contribution in [0.2, 0.25) is 0 Å². The van der Waals surface area contributed by atoms with Gasteiger partial charge in [-0.25, -0.2) is 0 Å². The van der Waals surface area contributed by atoms with E-state index in [0.29, 0.717) is 3.41 Å². The number of thioether (sulfide) groups is 4. The Balaban J connectivity index is 3.87. The van der Waals surface area contributed by atoms with E-state index in [1.165, 1.54) is 5.75 Å². The highest BCUT2D eigenvalue weighted by Gasteiger charge is 2.25. The van der Waals surface area contributed by atoms with Gasteiger partial charge in [0.05, 0.1) is 0 Å². The lowest BCUT2D eigenvalue weighted by atomic mass is 10.9. The zero-order chi connectivity index (χ0) is 8.04. The highest BCUT2D eigenvalue weighted by atomic mass is 32.3. The first-order valence-electron chi connectivity index (χ1n) is 2.89. The molecule has 4 heteroatoms. The summed E-state index contributed by atoms with van der Waals surface area (Å²) in [5.41, 5.74) is 0. The quantitative estimate of drug-likeness (QED) is 0.645. The second kappa shape index (κ2) is 5.98. The summed E-state index contributed by atoms with van der Waals surface area (Å²) >= 11 is 7.76. The fourth-order valence-electron chi connectivity index (χ4n) is 0.604. The van der Waals surface area contributed by atoms with Crippen molar-refractivity contribution in [2.24, 2.45) is 0 Å². The summed E-state index contributed by atoms with van der Waals surface area (Å²) in [7, 11) is 0. The van der Waals surface area contributed by atoms with Gasteiger partial charge in [-0.05, 0) is 25.0 Å². The topological polar surface area (TPSA) is 0 Å². The van der Waals surface area contributed by atoms with Crippen molar-refractivity contribution in [3.8, 4) is 0 Å². The van der Waals surface area contributed by atoms with Gasteiger partial charge in [0.2, 0.25) is 0 Å². The van der Waals surface area contributed by atoms with Crippen molar-refractivity contribution < 1.29 is 0 Å². The van der Waals surface area contributed by atoms with E-state index >= 15 is 0 Å². The largest absolute Gasteiger partial charge is 0.162 e. The zero-order valence-corrected chi connectivity index (χ0v) is 10.1. The van der Waals surface area contributed by atoms with Crippen molar-refractivity contribution in [1.82, 2.24) is 0 Å².